The average Bonchev–Trinajstić information content (AvgIpc) is 3.08. The van der Waals surface area contributed by atoms with E-state index in [1.54, 1.807) is 16.4 Å². The molecule has 1 heterocycles. The highest BCUT2D eigenvalue weighted by atomic mass is 32.2. The van der Waals surface area contributed by atoms with Crippen LogP contribution in [-0.2, 0) is 10.0 Å². The van der Waals surface area contributed by atoms with E-state index in [0.717, 1.165) is 35.1 Å². The summed E-state index contributed by atoms with van der Waals surface area (Å²) in [5.74, 6) is -0.174. The van der Waals surface area contributed by atoms with Gasteiger partial charge in [0, 0.05) is 24.7 Å². The number of aryl methyl sites for hydroxylation is 4. The van der Waals surface area contributed by atoms with E-state index in [1.165, 1.54) is 0 Å². The number of carbonyl (C=O) groups is 1. The van der Waals surface area contributed by atoms with Gasteiger partial charge in [-0.05, 0) is 63.8 Å². The van der Waals surface area contributed by atoms with Crippen LogP contribution >= 0.6 is 0 Å². The Morgan fingerprint density at radius 1 is 1.04 bits per heavy atom. The van der Waals surface area contributed by atoms with Crippen LogP contribution in [0.3, 0.4) is 0 Å². The van der Waals surface area contributed by atoms with Crippen LogP contribution in [0, 0.1) is 27.7 Å². The molecule has 2 aromatic carbocycles. The summed E-state index contributed by atoms with van der Waals surface area (Å²) < 4.78 is 28.3. The van der Waals surface area contributed by atoms with E-state index in [0.29, 0.717) is 23.5 Å². The predicted octanol–water partition coefficient (Wildman–Crippen LogP) is 3.50. The van der Waals surface area contributed by atoms with Crippen molar-refractivity contribution in [3.05, 3.63) is 64.2 Å². The lowest BCUT2D eigenvalue weighted by molar-refractivity contribution is 0.0946. The number of sulfonamides is 1. The van der Waals surface area contributed by atoms with Crippen LogP contribution in [0.5, 0.6) is 0 Å². The highest BCUT2D eigenvalue weighted by Crippen LogP contribution is 2.30. The van der Waals surface area contributed by atoms with E-state index in [1.807, 2.05) is 52.0 Å². The molecule has 0 aromatic heterocycles. The lowest BCUT2D eigenvalue weighted by Gasteiger charge is -2.26. The molecule has 1 aliphatic rings. The van der Waals surface area contributed by atoms with Gasteiger partial charge in [-0.3, -0.25) is 4.79 Å². The largest absolute Gasteiger partial charge is 0.350 e. The van der Waals surface area contributed by atoms with E-state index in [9.17, 15) is 13.2 Å². The number of carbonyl (C=O) groups excluding carboxylic acids is 1. The molecule has 150 valence electrons. The highest BCUT2D eigenvalue weighted by Gasteiger charge is 2.37. The van der Waals surface area contributed by atoms with Crippen LogP contribution < -0.4 is 5.32 Å². The molecular weight excluding hydrogens is 372 g/mol. The van der Waals surface area contributed by atoms with Gasteiger partial charge in [0.15, 0.2) is 0 Å². The van der Waals surface area contributed by atoms with Crippen molar-refractivity contribution in [2.75, 3.05) is 13.1 Å². The standard InChI is InChI=1S/C22H28N2O3S/c1-15-7-9-19(10-8-15)22(25)23-14-20-6-5-11-24(20)28(26,27)21-17(3)12-16(2)13-18(21)4/h7-10,12-13,20H,5-6,11,14H2,1-4H3,(H,23,25)/t20-/m0/s1. The molecule has 1 N–H and O–H groups in total. The van der Waals surface area contributed by atoms with Crippen LogP contribution in [-0.4, -0.2) is 37.8 Å². The Morgan fingerprint density at radius 3 is 2.25 bits per heavy atom. The fourth-order valence-corrected chi connectivity index (χ4v) is 6.15. The molecule has 1 amide bonds. The average molecular weight is 401 g/mol. The molecule has 28 heavy (non-hydrogen) atoms. The first-order valence-electron chi connectivity index (χ1n) is 9.64. The molecule has 1 saturated heterocycles. The second kappa shape index (κ2) is 8.05. The maximum Gasteiger partial charge on any atom is 0.251 e. The van der Waals surface area contributed by atoms with Crippen molar-refractivity contribution in [2.45, 2.75) is 51.5 Å². The third-order valence-electron chi connectivity index (χ3n) is 5.31. The fourth-order valence-electron chi connectivity index (χ4n) is 4.04. The zero-order valence-corrected chi connectivity index (χ0v) is 17.8. The first-order valence-corrected chi connectivity index (χ1v) is 11.1. The summed E-state index contributed by atoms with van der Waals surface area (Å²) >= 11 is 0. The van der Waals surface area contributed by atoms with E-state index >= 15 is 0 Å². The van der Waals surface area contributed by atoms with Crippen LogP contribution in [0.1, 0.15) is 45.5 Å². The summed E-state index contributed by atoms with van der Waals surface area (Å²) in [5, 5.41) is 2.91. The molecule has 2 aromatic rings. The molecule has 3 rings (SSSR count). The first-order chi connectivity index (χ1) is 13.2. The summed E-state index contributed by atoms with van der Waals surface area (Å²) in [6, 6.07) is 10.9. The van der Waals surface area contributed by atoms with Crippen LogP contribution in [0.25, 0.3) is 0 Å². The summed E-state index contributed by atoms with van der Waals surface area (Å²) in [7, 11) is -3.60. The lowest BCUT2D eigenvalue weighted by Crippen LogP contribution is -2.43. The Kier molecular flexibility index (Phi) is 5.91. The highest BCUT2D eigenvalue weighted by molar-refractivity contribution is 7.89. The molecule has 1 atom stereocenters. The molecule has 0 radical (unpaired) electrons. The van der Waals surface area contributed by atoms with Crippen molar-refractivity contribution in [3.63, 3.8) is 0 Å². The van der Waals surface area contributed by atoms with Crippen LogP contribution in [0.15, 0.2) is 41.3 Å². The van der Waals surface area contributed by atoms with Gasteiger partial charge < -0.3 is 5.32 Å². The third kappa shape index (κ3) is 4.13. The van der Waals surface area contributed by atoms with Gasteiger partial charge in [-0.2, -0.15) is 4.31 Å². The van der Waals surface area contributed by atoms with Gasteiger partial charge in [-0.1, -0.05) is 35.4 Å². The number of hydrogen-bond donors (Lipinski definition) is 1. The van der Waals surface area contributed by atoms with Crippen molar-refractivity contribution in [1.82, 2.24) is 9.62 Å². The Balaban J connectivity index is 1.77. The van der Waals surface area contributed by atoms with E-state index < -0.39 is 10.0 Å². The first kappa shape index (κ1) is 20.6. The maximum atomic E-state index is 13.4. The Bertz CT molecular complexity index is 958. The van der Waals surface area contributed by atoms with Gasteiger partial charge in [0.25, 0.3) is 5.91 Å². The second-order valence-electron chi connectivity index (χ2n) is 7.72. The van der Waals surface area contributed by atoms with Gasteiger partial charge in [0.1, 0.15) is 0 Å². The molecule has 1 fully saturated rings. The van der Waals surface area contributed by atoms with Gasteiger partial charge in [-0.25, -0.2) is 8.42 Å². The van der Waals surface area contributed by atoms with Crippen LogP contribution in [0.4, 0.5) is 0 Å². The minimum absolute atomic E-state index is 0.174. The zero-order chi connectivity index (χ0) is 20.5. The van der Waals surface area contributed by atoms with Crippen LogP contribution in [0.2, 0.25) is 0 Å². The summed E-state index contributed by atoms with van der Waals surface area (Å²) in [5.41, 5.74) is 4.27. The lowest BCUT2D eigenvalue weighted by atomic mass is 10.1. The molecule has 1 aliphatic heterocycles. The van der Waals surface area contributed by atoms with Crippen molar-refractivity contribution < 1.29 is 13.2 Å². The van der Waals surface area contributed by atoms with E-state index in [-0.39, 0.29) is 11.9 Å². The minimum atomic E-state index is -3.60. The second-order valence-corrected chi connectivity index (χ2v) is 9.54. The Hall–Kier alpha value is -2.18. The molecule has 0 spiro atoms. The normalized spacial score (nSPS) is 17.6. The van der Waals surface area contributed by atoms with Crippen molar-refractivity contribution in [3.8, 4) is 0 Å². The number of hydrogen-bond acceptors (Lipinski definition) is 3. The van der Waals surface area contributed by atoms with E-state index in [2.05, 4.69) is 5.32 Å². The molecule has 0 unspecified atom stereocenters. The van der Waals surface area contributed by atoms with E-state index in [4.69, 9.17) is 0 Å². The van der Waals surface area contributed by atoms with Gasteiger partial charge in [-0.15, -0.1) is 0 Å². The number of nitrogens with one attached hydrogen (secondary N) is 1. The maximum absolute atomic E-state index is 13.4. The fraction of sp³-hybridized carbons (Fsp3) is 0.409. The summed E-state index contributed by atoms with van der Waals surface area (Å²) in [6.07, 6.45) is 1.55. The zero-order valence-electron chi connectivity index (χ0n) is 17.0. The SMILES string of the molecule is Cc1ccc(C(=O)NC[C@@H]2CCCN2S(=O)(=O)c2c(C)cc(C)cc2C)cc1. The molecule has 6 heteroatoms. The molecule has 0 aliphatic carbocycles. The number of rotatable bonds is 5. The Labute approximate surface area is 167 Å². The number of amides is 1. The summed E-state index contributed by atoms with van der Waals surface area (Å²) in [4.78, 5) is 12.8. The van der Waals surface area contributed by atoms with Gasteiger partial charge >= 0.3 is 0 Å². The molecule has 5 nitrogen and oxygen atoms in total. The monoisotopic (exact) mass is 400 g/mol. The number of benzene rings is 2. The smallest absolute Gasteiger partial charge is 0.251 e. The Morgan fingerprint density at radius 2 is 1.64 bits per heavy atom. The van der Waals surface area contributed by atoms with Gasteiger partial charge in [0.2, 0.25) is 10.0 Å². The quantitative estimate of drug-likeness (QED) is 0.835. The third-order valence-corrected chi connectivity index (χ3v) is 7.56. The van der Waals surface area contributed by atoms with Crippen molar-refractivity contribution >= 4 is 15.9 Å². The predicted molar refractivity (Wildman–Crippen MR) is 111 cm³/mol. The minimum Gasteiger partial charge on any atom is -0.350 e. The van der Waals surface area contributed by atoms with Gasteiger partial charge in [0.05, 0.1) is 4.90 Å². The molecule has 0 saturated carbocycles. The molecular formula is C22H28N2O3S. The topological polar surface area (TPSA) is 66.5 Å². The van der Waals surface area contributed by atoms with Crippen molar-refractivity contribution in [2.24, 2.45) is 0 Å². The number of nitrogens with zero attached hydrogens (tertiary/aromatic N) is 1. The van der Waals surface area contributed by atoms with Crippen molar-refractivity contribution in [1.29, 1.82) is 0 Å². The molecule has 0 bridgehead atoms. The summed E-state index contributed by atoms with van der Waals surface area (Å²) in [6.45, 7) is 8.43.